The molecular weight excluding hydrogens is 450 g/mol. The number of aromatic nitrogens is 1. The number of rotatable bonds is 5. The number of fused-ring (bicyclic) bond motifs is 1. The molecule has 5 nitrogen and oxygen atoms in total. The monoisotopic (exact) mass is 471 g/mol. The zero-order chi connectivity index (χ0) is 20.4. The molecule has 1 aliphatic rings. The first-order chi connectivity index (χ1) is 14.0. The third-order valence-electron chi connectivity index (χ3n) is 5.19. The predicted molar refractivity (Wildman–Crippen MR) is 120 cm³/mol. The lowest BCUT2D eigenvalue weighted by molar-refractivity contribution is -0.133. The van der Waals surface area contributed by atoms with Crippen molar-refractivity contribution < 1.29 is 9.59 Å². The molecule has 1 aliphatic heterocycles. The van der Waals surface area contributed by atoms with E-state index in [9.17, 15) is 9.59 Å². The number of halogens is 1. The Balaban J connectivity index is 1.37. The van der Waals surface area contributed by atoms with Gasteiger partial charge in [0.1, 0.15) is 5.01 Å². The van der Waals surface area contributed by atoms with Gasteiger partial charge in [-0.1, -0.05) is 34.1 Å². The van der Waals surface area contributed by atoms with Crippen LogP contribution >= 0.6 is 27.3 Å². The molecule has 0 spiro atoms. The van der Waals surface area contributed by atoms with Crippen LogP contribution < -0.4 is 5.32 Å². The van der Waals surface area contributed by atoms with Crippen molar-refractivity contribution in [3.8, 4) is 0 Å². The second-order valence-corrected chi connectivity index (χ2v) is 9.19. The molecule has 0 bridgehead atoms. The van der Waals surface area contributed by atoms with Gasteiger partial charge in [-0.3, -0.25) is 9.59 Å². The summed E-state index contributed by atoms with van der Waals surface area (Å²) in [6, 6.07) is 13.8. The number of thiazole rings is 1. The summed E-state index contributed by atoms with van der Waals surface area (Å²) in [6.07, 6.45) is 2.28. The van der Waals surface area contributed by atoms with Crippen molar-refractivity contribution in [1.82, 2.24) is 9.88 Å². The molecule has 29 heavy (non-hydrogen) atoms. The summed E-state index contributed by atoms with van der Waals surface area (Å²) in [5, 5.41) is 3.86. The first kappa shape index (κ1) is 20.0. The van der Waals surface area contributed by atoms with Crippen molar-refractivity contribution in [2.75, 3.05) is 11.9 Å². The number of benzene rings is 2. The van der Waals surface area contributed by atoms with Crippen LogP contribution in [0.25, 0.3) is 10.2 Å². The third-order valence-corrected chi connectivity index (χ3v) is 7.18. The highest BCUT2D eigenvalue weighted by Crippen LogP contribution is 2.36. The van der Waals surface area contributed by atoms with E-state index in [0.717, 1.165) is 50.3 Å². The SMILES string of the molecule is Cc1ccc(NC(=O)CCC(=O)N2CCC[C@H]2c2nc3ccccc3s2)cc1Br. The molecule has 1 saturated heterocycles. The Labute approximate surface area is 182 Å². The smallest absolute Gasteiger partial charge is 0.224 e. The first-order valence-electron chi connectivity index (χ1n) is 9.72. The minimum absolute atomic E-state index is 0.0204. The maximum Gasteiger partial charge on any atom is 0.224 e. The van der Waals surface area contributed by atoms with Crippen molar-refractivity contribution in [2.24, 2.45) is 0 Å². The van der Waals surface area contributed by atoms with E-state index in [1.54, 1.807) is 11.3 Å². The lowest BCUT2D eigenvalue weighted by Gasteiger charge is -2.23. The zero-order valence-electron chi connectivity index (χ0n) is 16.2. The number of nitrogens with one attached hydrogen (secondary N) is 1. The molecule has 1 atom stereocenters. The fourth-order valence-corrected chi connectivity index (χ4v) is 5.11. The number of para-hydroxylation sites is 1. The minimum atomic E-state index is -0.148. The Kier molecular flexibility index (Phi) is 5.96. The van der Waals surface area contributed by atoms with Crippen LogP contribution in [-0.4, -0.2) is 28.2 Å². The lowest BCUT2D eigenvalue weighted by atomic mass is 10.2. The summed E-state index contributed by atoms with van der Waals surface area (Å²) in [7, 11) is 0. The number of nitrogens with zero attached hydrogens (tertiary/aromatic N) is 2. The number of hydrogen-bond donors (Lipinski definition) is 1. The van der Waals surface area contributed by atoms with E-state index >= 15 is 0 Å². The Bertz CT molecular complexity index is 1030. The number of carbonyl (C=O) groups excluding carboxylic acids is 2. The van der Waals surface area contributed by atoms with Crippen LogP contribution in [0.15, 0.2) is 46.9 Å². The Morgan fingerprint density at radius 1 is 1.24 bits per heavy atom. The molecule has 2 heterocycles. The standard InChI is InChI=1S/C22H22BrN3O2S/c1-14-8-9-15(13-16(14)23)24-20(27)10-11-21(28)26-12-4-6-18(26)22-25-17-5-2-3-7-19(17)29-22/h2-3,5,7-9,13,18H,4,6,10-12H2,1H3,(H,24,27)/t18-/m0/s1. The number of amides is 2. The molecule has 1 fully saturated rings. The van der Waals surface area contributed by atoms with Gasteiger partial charge in [0.25, 0.3) is 0 Å². The maximum absolute atomic E-state index is 12.8. The molecule has 2 amide bonds. The van der Waals surface area contributed by atoms with Gasteiger partial charge in [-0.2, -0.15) is 0 Å². The average molecular weight is 472 g/mol. The molecule has 0 radical (unpaired) electrons. The van der Waals surface area contributed by atoms with Gasteiger partial charge in [0, 0.05) is 29.5 Å². The lowest BCUT2D eigenvalue weighted by Crippen LogP contribution is -2.31. The maximum atomic E-state index is 12.8. The fourth-order valence-electron chi connectivity index (χ4n) is 3.61. The molecule has 1 N–H and O–H groups in total. The van der Waals surface area contributed by atoms with E-state index in [1.807, 2.05) is 48.2 Å². The van der Waals surface area contributed by atoms with Gasteiger partial charge in [0.05, 0.1) is 16.3 Å². The van der Waals surface area contributed by atoms with Crippen molar-refractivity contribution in [3.05, 3.63) is 57.5 Å². The summed E-state index contributed by atoms with van der Waals surface area (Å²) in [5.74, 6) is -0.128. The van der Waals surface area contributed by atoms with Crippen molar-refractivity contribution >= 4 is 55.0 Å². The summed E-state index contributed by atoms with van der Waals surface area (Å²) < 4.78 is 2.09. The van der Waals surface area contributed by atoms with Crippen LogP contribution in [0.4, 0.5) is 5.69 Å². The van der Waals surface area contributed by atoms with Gasteiger partial charge in [-0.15, -0.1) is 11.3 Å². The minimum Gasteiger partial charge on any atom is -0.333 e. The van der Waals surface area contributed by atoms with Crippen molar-refractivity contribution in [2.45, 2.75) is 38.6 Å². The van der Waals surface area contributed by atoms with Crippen LogP contribution in [0.5, 0.6) is 0 Å². The molecule has 0 unspecified atom stereocenters. The van der Waals surface area contributed by atoms with E-state index in [2.05, 4.69) is 27.3 Å². The molecule has 2 aromatic carbocycles. The highest BCUT2D eigenvalue weighted by Gasteiger charge is 2.32. The first-order valence-corrected chi connectivity index (χ1v) is 11.3. The molecule has 1 aromatic heterocycles. The quantitative estimate of drug-likeness (QED) is 0.537. The van der Waals surface area contributed by atoms with Gasteiger partial charge < -0.3 is 10.2 Å². The van der Waals surface area contributed by atoms with Crippen LogP contribution in [0.2, 0.25) is 0 Å². The Morgan fingerprint density at radius 2 is 2.07 bits per heavy atom. The van der Waals surface area contributed by atoms with Crippen molar-refractivity contribution in [1.29, 1.82) is 0 Å². The highest BCUT2D eigenvalue weighted by molar-refractivity contribution is 9.10. The van der Waals surface area contributed by atoms with Gasteiger partial charge >= 0.3 is 0 Å². The molecule has 4 rings (SSSR count). The molecular formula is C22H22BrN3O2S. The number of carbonyl (C=O) groups is 2. The number of anilines is 1. The van der Waals surface area contributed by atoms with Gasteiger partial charge in [0.15, 0.2) is 0 Å². The highest BCUT2D eigenvalue weighted by atomic mass is 79.9. The second kappa shape index (κ2) is 8.63. The molecule has 150 valence electrons. The fraction of sp³-hybridized carbons (Fsp3) is 0.318. The van der Waals surface area contributed by atoms with Gasteiger partial charge in [-0.05, 0) is 49.6 Å². The second-order valence-electron chi connectivity index (χ2n) is 7.28. The number of hydrogen-bond acceptors (Lipinski definition) is 4. The molecule has 3 aromatic rings. The van der Waals surface area contributed by atoms with E-state index in [4.69, 9.17) is 4.98 Å². The number of aryl methyl sites for hydroxylation is 1. The van der Waals surface area contributed by atoms with E-state index < -0.39 is 0 Å². The van der Waals surface area contributed by atoms with Crippen LogP contribution in [0.3, 0.4) is 0 Å². The van der Waals surface area contributed by atoms with Gasteiger partial charge in [-0.25, -0.2) is 4.98 Å². The molecule has 7 heteroatoms. The van der Waals surface area contributed by atoms with E-state index in [1.165, 1.54) is 0 Å². The molecule has 0 aliphatic carbocycles. The van der Waals surface area contributed by atoms with Gasteiger partial charge in [0.2, 0.25) is 11.8 Å². The van der Waals surface area contributed by atoms with Crippen LogP contribution in [0, 0.1) is 6.92 Å². The largest absolute Gasteiger partial charge is 0.333 e. The zero-order valence-corrected chi connectivity index (χ0v) is 18.6. The Morgan fingerprint density at radius 3 is 2.86 bits per heavy atom. The third kappa shape index (κ3) is 4.51. The van der Waals surface area contributed by atoms with E-state index in [-0.39, 0.29) is 30.7 Å². The molecule has 0 saturated carbocycles. The average Bonchev–Trinajstić information content (AvgIpc) is 3.35. The number of likely N-dealkylation sites (tertiary alicyclic amines) is 1. The summed E-state index contributed by atoms with van der Waals surface area (Å²) in [5.41, 5.74) is 2.82. The summed E-state index contributed by atoms with van der Waals surface area (Å²) in [4.78, 5) is 31.7. The predicted octanol–water partition coefficient (Wildman–Crippen LogP) is 5.45. The van der Waals surface area contributed by atoms with Crippen LogP contribution in [0.1, 0.15) is 42.3 Å². The van der Waals surface area contributed by atoms with Crippen molar-refractivity contribution in [3.63, 3.8) is 0 Å². The summed E-state index contributed by atoms with van der Waals surface area (Å²) in [6.45, 7) is 2.72. The van der Waals surface area contributed by atoms with E-state index in [0.29, 0.717) is 0 Å². The Hall–Kier alpha value is -2.25. The topological polar surface area (TPSA) is 62.3 Å². The summed E-state index contributed by atoms with van der Waals surface area (Å²) >= 11 is 5.12. The normalized spacial score (nSPS) is 16.3. The van der Waals surface area contributed by atoms with Crippen LogP contribution in [-0.2, 0) is 9.59 Å².